The van der Waals surface area contributed by atoms with Crippen LogP contribution in [0.15, 0.2) is 4.99 Å². The van der Waals surface area contributed by atoms with Gasteiger partial charge in [0.1, 0.15) is 0 Å². The van der Waals surface area contributed by atoms with Crippen molar-refractivity contribution in [3.05, 3.63) is 0 Å². The number of piperazine rings is 1. The number of hydrogen-bond donors (Lipinski definition) is 1. The molecule has 1 rings (SSSR count). The maximum absolute atomic E-state index is 12.3. The summed E-state index contributed by atoms with van der Waals surface area (Å²) in [5, 5.41) is 3.14. The van der Waals surface area contributed by atoms with Crippen LogP contribution in [-0.4, -0.2) is 98.9 Å². The van der Waals surface area contributed by atoms with E-state index in [4.69, 9.17) is 4.74 Å². The number of carbonyl (C=O) groups is 1. The first-order valence-electron chi connectivity index (χ1n) is 8.47. The predicted octanol–water partition coefficient (Wildman–Crippen LogP) is 1.22. The third kappa shape index (κ3) is 8.28. The van der Waals surface area contributed by atoms with Gasteiger partial charge in [0.25, 0.3) is 0 Å². The van der Waals surface area contributed by atoms with E-state index >= 15 is 0 Å². The molecule has 25 heavy (non-hydrogen) atoms. The van der Waals surface area contributed by atoms with Crippen molar-refractivity contribution < 1.29 is 22.7 Å². The van der Waals surface area contributed by atoms with Gasteiger partial charge < -0.3 is 19.9 Å². The Balaban J connectivity index is 2.49. The van der Waals surface area contributed by atoms with Crippen LogP contribution in [0.4, 0.5) is 18.0 Å². The fraction of sp³-hybridized carbons (Fsp3) is 0.867. The summed E-state index contributed by atoms with van der Waals surface area (Å²) in [4.78, 5) is 20.9. The molecule has 1 fully saturated rings. The SMILES string of the molecule is CCNC(=NCCN(C)CC(F)(F)F)N1CCN(C(=O)OCC)CC1. The Labute approximate surface area is 146 Å². The van der Waals surface area contributed by atoms with Crippen LogP contribution in [-0.2, 0) is 4.74 Å². The fourth-order valence-electron chi connectivity index (χ4n) is 2.45. The minimum absolute atomic E-state index is 0.219. The molecule has 0 atom stereocenters. The van der Waals surface area contributed by atoms with E-state index in [2.05, 4.69) is 10.3 Å². The van der Waals surface area contributed by atoms with Gasteiger partial charge in [-0.05, 0) is 20.9 Å². The molecule has 0 aromatic heterocycles. The molecule has 1 amide bonds. The van der Waals surface area contributed by atoms with Crippen molar-refractivity contribution in [1.82, 2.24) is 20.0 Å². The summed E-state index contributed by atoms with van der Waals surface area (Å²) in [5.41, 5.74) is 0. The number of ether oxygens (including phenoxy) is 1. The number of rotatable bonds is 6. The van der Waals surface area contributed by atoms with Crippen molar-refractivity contribution in [1.29, 1.82) is 0 Å². The van der Waals surface area contributed by atoms with Crippen molar-refractivity contribution in [2.75, 3.05) is 66.0 Å². The molecule has 0 bridgehead atoms. The molecule has 10 heteroatoms. The van der Waals surface area contributed by atoms with Crippen molar-refractivity contribution in [3.63, 3.8) is 0 Å². The number of halogens is 3. The average molecular weight is 367 g/mol. The molecule has 146 valence electrons. The molecular weight excluding hydrogens is 339 g/mol. The smallest absolute Gasteiger partial charge is 0.409 e. The van der Waals surface area contributed by atoms with Crippen LogP contribution in [0.1, 0.15) is 13.8 Å². The van der Waals surface area contributed by atoms with E-state index in [1.807, 2.05) is 11.8 Å². The largest absolute Gasteiger partial charge is 0.450 e. The summed E-state index contributed by atoms with van der Waals surface area (Å²) < 4.78 is 41.9. The van der Waals surface area contributed by atoms with E-state index in [0.29, 0.717) is 45.3 Å². The van der Waals surface area contributed by atoms with Gasteiger partial charge in [-0.15, -0.1) is 0 Å². The zero-order valence-corrected chi connectivity index (χ0v) is 15.1. The number of nitrogens with zero attached hydrogens (tertiary/aromatic N) is 4. The second-order valence-corrected chi connectivity index (χ2v) is 5.76. The minimum Gasteiger partial charge on any atom is -0.450 e. The molecule has 0 aromatic rings. The minimum atomic E-state index is -4.20. The summed E-state index contributed by atoms with van der Waals surface area (Å²) >= 11 is 0. The first-order chi connectivity index (χ1) is 11.8. The molecule has 1 heterocycles. The fourth-order valence-corrected chi connectivity index (χ4v) is 2.45. The molecule has 1 saturated heterocycles. The second-order valence-electron chi connectivity index (χ2n) is 5.76. The number of amides is 1. The third-order valence-electron chi connectivity index (χ3n) is 3.63. The number of nitrogens with one attached hydrogen (secondary N) is 1. The van der Waals surface area contributed by atoms with Gasteiger partial charge in [0.15, 0.2) is 5.96 Å². The van der Waals surface area contributed by atoms with Crippen LogP contribution < -0.4 is 5.32 Å². The first kappa shape index (κ1) is 21.3. The molecule has 7 nitrogen and oxygen atoms in total. The van der Waals surface area contributed by atoms with Crippen molar-refractivity contribution in [2.24, 2.45) is 4.99 Å². The normalized spacial score (nSPS) is 16.4. The van der Waals surface area contributed by atoms with Gasteiger partial charge >= 0.3 is 12.3 Å². The second kappa shape index (κ2) is 10.3. The number of guanidine groups is 1. The van der Waals surface area contributed by atoms with Gasteiger partial charge in [0, 0.05) is 39.3 Å². The van der Waals surface area contributed by atoms with Crippen LogP contribution in [0.2, 0.25) is 0 Å². The van der Waals surface area contributed by atoms with E-state index in [-0.39, 0.29) is 19.2 Å². The number of alkyl halides is 3. The Kier molecular flexibility index (Phi) is 8.81. The molecule has 0 spiro atoms. The molecule has 0 radical (unpaired) electrons. The lowest BCUT2D eigenvalue weighted by atomic mass is 10.3. The summed E-state index contributed by atoms with van der Waals surface area (Å²) in [7, 11) is 1.42. The lowest BCUT2D eigenvalue weighted by Crippen LogP contribution is -2.54. The highest BCUT2D eigenvalue weighted by molar-refractivity contribution is 5.80. The standard InChI is InChI=1S/C15H28F3N5O2/c1-4-19-13(20-6-7-21(3)12-15(16,17)18)22-8-10-23(11-9-22)14(24)25-5-2/h4-12H2,1-3H3,(H,19,20). The van der Waals surface area contributed by atoms with Gasteiger partial charge in [-0.2, -0.15) is 13.2 Å². The quantitative estimate of drug-likeness (QED) is 0.565. The van der Waals surface area contributed by atoms with Crippen molar-refractivity contribution >= 4 is 12.1 Å². The summed E-state index contributed by atoms with van der Waals surface area (Å²) in [6, 6.07) is 0. The Morgan fingerprint density at radius 1 is 1.20 bits per heavy atom. The van der Waals surface area contributed by atoms with Crippen LogP contribution in [0.25, 0.3) is 0 Å². The molecule has 1 aliphatic heterocycles. The number of likely N-dealkylation sites (N-methyl/N-ethyl adjacent to an activating group) is 1. The number of aliphatic imine (C=N–C) groups is 1. The predicted molar refractivity (Wildman–Crippen MR) is 89.7 cm³/mol. The van der Waals surface area contributed by atoms with Crippen LogP contribution in [0.3, 0.4) is 0 Å². The van der Waals surface area contributed by atoms with Gasteiger partial charge in [-0.1, -0.05) is 0 Å². The van der Waals surface area contributed by atoms with Crippen molar-refractivity contribution in [2.45, 2.75) is 20.0 Å². The number of carbonyl (C=O) groups excluding carboxylic acids is 1. The Hall–Kier alpha value is -1.71. The molecule has 1 aliphatic rings. The maximum atomic E-state index is 12.3. The van der Waals surface area contributed by atoms with E-state index in [1.165, 1.54) is 11.9 Å². The van der Waals surface area contributed by atoms with Crippen molar-refractivity contribution in [3.8, 4) is 0 Å². The Morgan fingerprint density at radius 2 is 1.80 bits per heavy atom. The van der Waals surface area contributed by atoms with E-state index in [1.54, 1.807) is 11.8 Å². The van der Waals surface area contributed by atoms with Crippen LogP contribution in [0.5, 0.6) is 0 Å². The molecular formula is C15H28F3N5O2. The summed E-state index contributed by atoms with van der Waals surface area (Å²) in [6.45, 7) is 6.49. The van der Waals surface area contributed by atoms with E-state index in [9.17, 15) is 18.0 Å². The highest BCUT2D eigenvalue weighted by Crippen LogP contribution is 2.15. The van der Waals surface area contributed by atoms with E-state index < -0.39 is 12.7 Å². The maximum Gasteiger partial charge on any atom is 0.409 e. The lowest BCUT2D eigenvalue weighted by molar-refractivity contribution is -0.142. The first-order valence-corrected chi connectivity index (χ1v) is 8.47. The monoisotopic (exact) mass is 367 g/mol. The molecule has 0 aliphatic carbocycles. The van der Waals surface area contributed by atoms with Gasteiger partial charge in [0.2, 0.25) is 0 Å². The number of hydrogen-bond acceptors (Lipinski definition) is 4. The Bertz CT molecular complexity index is 437. The van der Waals surface area contributed by atoms with Gasteiger partial charge in [0.05, 0.1) is 19.7 Å². The lowest BCUT2D eigenvalue weighted by Gasteiger charge is -2.36. The average Bonchev–Trinajstić information content (AvgIpc) is 2.53. The molecule has 0 saturated carbocycles. The zero-order valence-electron chi connectivity index (χ0n) is 15.1. The van der Waals surface area contributed by atoms with Crippen LogP contribution >= 0.6 is 0 Å². The zero-order chi connectivity index (χ0) is 18.9. The van der Waals surface area contributed by atoms with Gasteiger partial charge in [-0.3, -0.25) is 9.89 Å². The molecule has 1 N–H and O–H groups in total. The third-order valence-corrected chi connectivity index (χ3v) is 3.63. The van der Waals surface area contributed by atoms with E-state index in [0.717, 1.165) is 0 Å². The highest BCUT2D eigenvalue weighted by atomic mass is 19.4. The molecule has 0 aromatic carbocycles. The summed E-state index contributed by atoms with van der Waals surface area (Å²) in [5.74, 6) is 0.659. The van der Waals surface area contributed by atoms with Crippen LogP contribution in [0, 0.1) is 0 Å². The molecule has 0 unspecified atom stereocenters. The van der Waals surface area contributed by atoms with Gasteiger partial charge in [-0.25, -0.2) is 4.79 Å². The Morgan fingerprint density at radius 3 is 2.32 bits per heavy atom. The topological polar surface area (TPSA) is 60.4 Å². The summed E-state index contributed by atoms with van der Waals surface area (Å²) in [6.07, 6.45) is -4.52. The highest BCUT2D eigenvalue weighted by Gasteiger charge is 2.29.